The number of rotatable bonds is 7. The molecule has 0 spiro atoms. The minimum Gasteiger partial charge on any atom is -0.343 e. The summed E-state index contributed by atoms with van der Waals surface area (Å²) in [7, 11) is -3.42. The second-order valence-corrected chi connectivity index (χ2v) is 8.50. The van der Waals surface area contributed by atoms with Gasteiger partial charge in [-0.05, 0) is 17.5 Å². The van der Waals surface area contributed by atoms with Gasteiger partial charge < -0.3 is 9.80 Å². The molecular formula is C13H15N3O4S3. The third kappa shape index (κ3) is 4.08. The zero-order valence-electron chi connectivity index (χ0n) is 12.3. The summed E-state index contributed by atoms with van der Waals surface area (Å²) >= 11 is 2.97. The minimum atomic E-state index is -3.42. The molecule has 1 fully saturated rings. The van der Waals surface area contributed by atoms with E-state index in [9.17, 15) is 13.2 Å². The lowest BCUT2D eigenvalue weighted by Gasteiger charge is -2.37. The molecule has 2 aromatic rings. The number of anilines is 2. The minimum absolute atomic E-state index is 0.310. The predicted molar refractivity (Wildman–Crippen MR) is 90.6 cm³/mol. The van der Waals surface area contributed by atoms with Gasteiger partial charge >= 0.3 is 0 Å². The number of hydrogen-bond acceptors (Lipinski definition) is 8. The molecule has 0 aliphatic carbocycles. The van der Waals surface area contributed by atoms with Crippen LogP contribution in [0.4, 0.5) is 10.1 Å². The third-order valence-electron chi connectivity index (χ3n) is 3.22. The number of aromatic nitrogens is 1. The molecule has 1 amide bonds. The highest BCUT2D eigenvalue weighted by Crippen LogP contribution is 2.28. The molecule has 7 nitrogen and oxygen atoms in total. The number of carbonyl (C=O) groups excluding carboxylic acids is 1. The smallest absolute Gasteiger partial charge is 0.264 e. The van der Waals surface area contributed by atoms with E-state index < -0.39 is 10.1 Å². The number of nitrogens with zero attached hydrogens (tertiary/aromatic N) is 3. The van der Waals surface area contributed by atoms with Crippen molar-refractivity contribution in [3.05, 3.63) is 28.6 Å². The zero-order valence-corrected chi connectivity index (χ0v) is 14.7. The van der Waals surface area contributed by atoms with Gasteiger partial charge in [-0.1, -0.05) is 0 Å². The molecule has 23 heavy (non-hydrogen) atoms. The predicted octanol–water partition coefficient (Wildman–Crippen LogP) is 1.53. The summed E-state index contributed by atoms with van der Waals surface area (Å²) in [6, 6.07) is 3.78. The van der Waals surface area contributed by atoms with Gasteiger partial charge in [0, 0.05) is 18.5 Å². The summed E-state index contributed by atoms with van der Waals surface area (Å²) in [5.74, 6) is 0. The number of carbonyl (C=O) groups is 1. The molecule has 124 valence electrons. The van der Waals surface area contributed by atoms with Gasteiger partial charge in [0.25, 0.3) is 10.1 Å². The first-order chi connectivity index (χ1) is 10.9. The largest absolute Gasteiger partial charge is 0.343 e. The Bertz CT molecular complexity index is 766. The van der Waals surface area contributed by atoms with Crippen LogP contribution in [0.15, 0.2) is 22.9 Å². The van der Waals surface area contributed by atoms with Crippen molar-refractivity contribution in [2.24, 2.45) is 0 Å². The van der Waals surface area contributed by atoms with Gasteiger partial charge in [0.15, 0.2) is 5.13 Å². The van der Waals surface area contributed by atoms with Crippen molar-refractivity contribution in [2.45, 2.75) is 12.6 Å². The first-order valence-corrected chi connectivity index (χ1v) is 10.4. The normalized spacial score (nSPS) is 15.4. The van der Waals surface area contributed by atoms with Crippen molar-refractivity contribution in [1.82, 2.24) is 4.98 Å². The summed E-state index contributed by atoms with van der Waals surface area (Å²) < 4.78 is 27.0. The van der Waals surface area contributed by atoms with Crippen LogP contribution in [0.3, 0.4) is 0 Å². The molecule has 0 atom stereocenters. The highest BCUT2D eigenvalue weighted by atomic mass is 32.2. The van der Waals surface area contributed by atoms with Gasteiger partial charge in [-0.2, -0.15) is 8.42 Å². The van der Waals surface area contributed by atoms with Gasteiger partial charge in [0.05, 0.1) is 23.5 Å². The highest BCUT2D eigenvalue weighted by Gasteiger charge is 2.32. The van der Waals surface area contributed by atoms with E-state index in [4.69, 9.17) is 4.18 Å². The molecule has 0 saturated carbocycles. The van der Waals surface area contributed by atoms with Gasteiger partial charge in [0.2, 0.25) is 6.41 Å². The molecule has 1 aliphatic rings. The van der Waals surface area contributed by atoms with E-state index in [2.05, 4.69) is 4.98 Å². The van der Waals surface area contributed by atoms with Gasteiger partial charge in [-0.15, -0.1) is 22.7 Å². The number of amides is 1. The van der Waals surface area contributed by atoms with E-state index in [0.717, 1.165) is 28.5 Å². The molecule has 0 unspecified atom stereocenters. The summed E-state index contributed by atoms with van der Waals surface area (Å²) in [4.78, 5) is 19.3. The van der Waals surface area contributed by atoms with Gasteiger partial charge in [-0.25, -0.2) is 4.98 Å². The van der Waals surface area contributed by atoms with Crippen LogP contribution in [-0.4, -0.2) is 45.3 Å². The van der Waals surface area contributed by atoms with E-state index in [1.807, 2.05) is 27.8 Å². The lowest BCUT2D eigenvalue weighted by Crippen LogP contribution is -2.53. The molecule has 3 heterocycles. The molecule has 2 aromatic heterocycles. The Morgan fingerprint density at radius 2 is 2.26 bits per heavy atom. The average molecular weight is 373 g/mol. The molecule has 1 saturated heterocycles. The Hall–Kier alpha value is -1.49. The molecule has 3 rings (SSSR count). The molecule has 0 bridgehead atoms. The maximum atomic E-state index is 11.2. The summed E-state index contributed by atoms with van der Waals surface area (Å²) in [5.41, 5.74) is 0.804. The number of thiazole rings is 1. The average Bonchev–Trinajstić information content (AvgIpc) is 3.10. The maximum Gasteiger partial charge on any atom is 0.264 e. The second-order valence-electron chi connectivity index (χ2n) is 5.13. The van der Waals surface area contributed by atoms with Crippen LogP contribution in [-0.2, 0) is 25.6 Å². The first-order valence-electron chi connectivity index (χ1n) is 6.77. The van der Waals surface area contributed by atoms with Crippen LogP contribution in [0.2, 0.25) is 0 Å². The third-order valence-corrected chi connectivity index (χ3v) is 5.70. The number of hydrogen-bond donors (Lipinski definition) is 0. The Labute approximate surface area is 142 Å². The van der Waals surface area contributed by atoms with E-state index in [-0.39, 0.29) is 6.10 Å². The summed E-state index contributed by atoms with van der Waals surface area (Å²) in [5, 5.41) is 5.51. The topological polar surface area (TPSA) is 79.8 Å². The van der Waals surface area contributed by atoms with E-state index in [1.54, 1.807) is 4.90 Å². The van der Waals surface area contributed by atoms with Crippen LogP contribution < -0.4 is 9.80 Å². The fourth-order valence-corrected chi connectivity index (χ4v) is 4.34. The van der Waals surface area contributed by atoms with Crippen molar-refractivity contribution < 1.29 is 17.4 Å². The standard InChI is InChI=1S/C13H15N3O4S3/c1-23(18,19)20-11-6-15(7-11)13-14-10(8-22-13)5-16(9-17)12-3-2-4-21-12/h2-4,8-9,11H,5-7H2,1H3. The fraction of sp³-hybridized carbons (Fsp3) is 0.385. The lowest BCUT2D eigenvalue weighted by molar-refractivity contribution is -0.107. The maximum absolute atomic E-state index is 11.2. The van der Waals surface area contributed by atoms with Gasteiger partial charge in [-0.3, -0.25) is 8.98 Å². The Balaban J connectivity index is 1.58. The van der Waals surface area contributed by atoms with Crippen LogP contribution in [0.5, 0.6) is 0 Å². The summed E-state index contributed by atoms with van der Waals surface area (Å²) in [6.45, 7) is 1.42. The van der Waals surface area contributed by atoms with Crippen molar-refractivity contribution in [2.75, 3.05) is 29.1 Å². The SMILES string of the molecule is CS(=O)(=O)OC1CN(c2nc(CN(C=O)c3cccs3)cs2)C1. The summed E-state index contributed by atoms with van der Waals surface area (Å²) in [6.07, 6.45) is 1.54. The molecule has 0 N–H and O–H groups in total. The van der Waals surface area contributed by atoms with Crippen LogP contribution in [0, 0.1) is 0 Å². The van der Waals surface area contributed by atoms with Crippen molar-refractivity contribution >= 4 is 49.3 Å². The monoisotopic (exact) mass is 373 g/mol. The van der Waals surface area contributed by atoms with Crippen molar-refractivity contribution in [3.63, 3.8) is 0 Å². The van der Waals surface area contributed by atoms with Crippen LogP contribution in [0.1, 0.15) is 5.69 Å². The number of thiophene rings is 1. The van der Waals surface area contributed by atoms with Crippen molar-refractivity contribution in [3.8, 4) is 0 Å². The molecule has 10 heteroatoms. The Morgan fingerprint density at radius 1 is 1.48 bits per heavy atom. The Kier molecular flexibility index (Phi) is 4.67. The Morgan fingerprint density at radius 3 is 2.87 bits per heavy atom. The van der Waals surface area contributed by atoms with Crippen LogP contribution >= 0.6 is 22.7 Å². The quantitative estimate of drug-likeness (QED) is 0.541. The fourth-order valence-electron chi connectivity index (χ4n) is 2.19. The lowest BCUT2D eigenvalue weighted by atomic mass is 10.2. The van der Waals surface area contributed by atoms with Gasteiger partial charge in [0.1, 0.15) is 6.10 Å². The molecular weight excluding hydrogens is 358 g/mol. The zero-order chi connectivity index (χ0) is 16.4. The second kappa shape index (κ2) is 6.56. The highest BCUT2D eigenvalue weighted by molar-refractivity contribution is 7.86. The first kappa shape index (κ1) is 16.4. The molecule has 1 aliphatic heterocycles. The van der Waals surface area contributed by atoms with E-state index >= 15 is 0 Å². The van der Waals surface area contributed by atoms with E-state index in [1.165, 1.54) is 22.7 Å². The van der Waals surface area contributed by atoms with Crippen molar-refractivity contribution in [1.29, 1.82) is 0 Å². The molecule has 0 radical (unpaired) electrons. The molecule has 0 aromatic carbocycles. The van der Waals surface area contributed by atoms with E-state index in [0.29, 0.717) is 19.6 Å². The van der Waals surface area contributed by atoms with Crippen LogP contribution in [0.25, 0.3) is 0 Å².